The summed E-state index contributed by atoms with van der Waals surface area (Å²) in [5, 5.41) is 50.9. The molecular formula is C80H155LiO10Ti. The molecule has 0 atom stereocenters. The summed E-state index contributed by atoms with van der Waals surface area (Å²) < 4.78 is 0. The van der Waals surface area contributed by atoms with Crippen LogP contribution in [0.25, 0.3) is 0 Å². The maximum atomic E-state index is 10.2. The Balaban J connectivity index is -0.000000195. The Hall–Kier alpha value is -1.34. The molecule has 0 radical (unpaired) electrons. The van der Waals surface area contributed by atoms with Gasteiger partial charge in [0.1, 0.15) is 0 Å². The molecule has 0 N–H and O–H groups in total. The number of rotatable bonds is 70. The van der Waals surface area contributed by atoms with Gasteiger partial charge in [-0.2, -0.15) is 0 Å². The van der Waals surface area contributed by atoms with E-state index in [1.807, 2.05) is 0 Å². The third-order valence-corrected chi connectivity index (χ3v) is 17.4. The van der Waals surface area contributed by atoms with Gasteiger partial charge in [-0.3, -0.25) is 0 Å². The molecule has 0 aromatic heterocycles. The van der Waals surface area contributed by atoms with Crippen LogP contribution in [-0.2, 0) is 45.7 Å². The van der Waals surface area contributed by atoms with Crippen molar-refractivity contribution in [3.63, 3.8) is 0 Å². The Labute approximate surface area is 600 Å². The summed E-state index contributed by atoms with van der Waals surface area (Å²) in [6, 6.07) is 0. The zero-order valence-electron chi connectivity index (χ0n) is 62.6. The second-order valence-corrected chi connectivity index (χ2v) is 26.8. The first-order valence-electron chi connectivity index (χ1n) is 39.8. The minimum atomic E-state index is -0.905. The van der Waals surface area contributed by atoms with Crippen molar-refractivity contribution in [2.45, 2.75) is 484 Å². The van der Waals surface area contributed by atoms with Gasteiger partial charge in [0.25, 0.3) is 0 Å². The zero-order chi connectivity index (χ0) is 67.4. The number of aliphatic carboxylic acids is 5. The molecule has 0 spiro atoms. The van der Waals surface area contributed by atoms with E-state index in [9.17, 15) is 49.5 Å². The van der Waals surface area contributed by atoms with Crippen LogP contribution in [0.5, 0.6) is 0 Å². The molecule has 0 aliphatic carbocycles. The summed E-state index contributed by atoms with van der Waals surface area (Å²) >= 11 is 0. The van der Waals surface area contributed by atoms with E-state index in [2.05, 4.69) is 34.6 Å². The van der Waals surface area contributed by atoms with Crippen LogP contribution >= 0.6 is 0 Å². The first kappa shape index (κ1) is 104. The summed E-state index contributed by atoms with van der Waals surface area (Å²) in [5.74, 6) is -4.52. The molecule has 0 bridgehead atoms. The van der Waals surface area contributed by atoms with Gasteiger partial charge < -0.3 is 49.5 Å². The predicted octanol–water partition coefficient (Wildman–Crippen LogP) is 18.1. The minimum Gasteiger partial charge on any atom is -0.550 e. The van der Waals surface area contributed by atoms with Crippen molar-refractivity contribution < 1.29 is 90.1 Å². The van der Waals surface area contributed by atoms with E-state index in [4.69, 9.17) is 0 Å². The Morgan fingerprint density at radius 3 is 0.283 bits per heavy atom. The topological polar surface area (TPSA) is 201 Å². The van der Waals surface area contributed by atoms with Crippen molar-refractivity contribution in [2.75, 3.05) is 0 Å². The molecular weight excluding hydrogens is 1180 g/mol. The Bertz CT molecular complexity index is 1140. The van der Waals surface area contributed by atoms with E-state index in [1.165, 1.54) is 353 Å². The van der Waals surface area contributed by atoms with Crippen LogP contribution in [0.4, 0.5) is 0 Å². The molecule has 0 aromatic carbocycles. The molecule has 0 aliphatic rings. The van der Waals surface area contributed by atoms with Crippen LogP contribution in [0.1, 0.15) is 484 Å². The Morgan fingerprint density at radius 1 is 0.152 bits per heavy atom. The smallest absolute Gasteiger partial charge is 0.550 e. The van der Waals surface area contributed by atoms with Gasteiger partial charge in [0.05, 0.1) is 0 Å². The van der Waals surface area contributed by atoms with E-state index < -0.39 is 29.8 Å². The van der Waals surface area contributed by atoms with Crippen molar-refractivity contribution >= 4 is 29.8 Å². The second kappa shape index (κ2) is 101. The monoisotopic (exact) mass is 1330 g/mol. The largest absolute Gasteiger partial charge is 4.00 e. The van der Waals surface area contributed by atoms with Crippen molar-refractivity contribution in [2.24, 2.45) is 0 Å². The molecule has 0 heterocycles. The molecule has 0 aliphatic heterocycles. The molecule has 0 rings (SSSR count). The van der Waals surface area contributed by atoms with Crippen molar-refractivity contribution in [1.29, 1.82) is 0 Å². The van der Waals surface area contributed by atoms with E-state index in [1.54, 1.807) is 0 Å². The van der Waals surface area contributed by atoms with E-state index in [0.717, 1.165) is 64.2 Å². The number of hydrogen-bond acceptors (Lipinski definition) is 10. The molecule has 540 valence electrons. The molecule has 0 saturated heterocycles. The minimum absolute atomic E-state index is 0. The van der Waals surface area contributed by atoms with Crippen LogP contribution in [0.3, 0.4) is 0 Å². The second-order valence-electron chi connectivity index (χ2n) is 26.8. The molecule has 0 saturated carbocycles. The van der Waals surface area contributed by atoms with Crippen LogP contribution in [0.15, 0.2) is 0 Å². The maximum Gasteiger partial charge on any atom is 4.00 e. The number of carboxylic acid groups (broad SMARTS) is 5. The summed E-state index contributed by atoms with van der Waals surface area (Å²) in [6.07, 6.45) is 84.7. The number of carbonyl (C=O) groups is 5. The number of carbonyl (C=O) groups excluding carboxylic acids is 5. The van der Waals surface area contributed by atoms with Crippen molar-refractivity contribution in [3.05, 3.63) is 0 Å². The van der Waals surface area contributed by atoms with Crippen molar-refractivity contribution in [3.8, 4) is 0 Å². The fourth-order valence-corrected chi connectivity index (χ4v) is 11.4. The van der Waals surface area contributed by atoms with Crippen molar-refractivity contribution in [1.82, 2.24) is 0 Å². The molecule has 10 nitrogen and oxygen atoms in total. The molecule has 0 amide bonds. The predicted molar refractivity (Wildman–Crippen MR) is 377 cm³/mol. The number of carboxylic acids is 5. The fraction of sp³-hybridized carbons (Fsp3) is 0.938. The standard InChI is InChI=1S/5C16H32O2.Li.Ti/c5*1-2-3-4-5-6-7-8-9-10-11-12-13-14-15-16(17)18;;/h5*2-15H2,1H3,(H,17,18);;/q;;;;;+1;+4/p-5. The molecule has 0 unspecified atom stereocenters. The van der Waals surface area contributed by atoms with Crippen LogP contribution in [0, 0.1) is 0 Å². The third kappa shape index (κ3) is 126. The van der Waals surface area contributed by atoms with Gasteiger partial charge >= 0.3 is 40.6 Å². The zero-order valence-corrected chi connectivity index (χ0v) is 64.1. The van der Waals surface area contributed by atoms with Gasteiger partial charge in [0.2, 0.25) is 0 Å². The van der Waals surface area contributed by atoms with Crippen LogP contribution in [-0.4, -0.2) is 29.8 Å². The van der Waals surface area contributed by atoms with Gasteiger partial charge in [-0.1, -0.05) is 420 Å². The van der Waals surface area contributed by atoms with Gasteiger partial charge in [-0.25, -0.2) is 0 Å². The summed E-state index contributed by atoms with van der Waals surface area (Å²) in [7, 11) is 0. The maximum absolute atomic E-state index is 10.2. The molecule has 92 heavy (non-hydrogen) atoms. The molecule has 0 fully saturated rings. The molecule has 0 aromatic rings. The first-order valence-corrected chi connectivity index (χ1v) is 39.8. The number of hydrogen-bond donors (Lipinski definition) is 0. The van der Waals surface area contributed by atoms with Crippen LogP contribution in [0.2, 0.25) is 0 Å². The average molecular weight is 1330 g/mol. The van der Waals surface area contributed by atoms with Gasteiger partial charge in [0.15, 0.2) is 0 Å². The third-order valence-electron chi connectivity index (χ3n) is 17.4. The number of unbranched alkanes of at least 4 members (excludes halogenated alkanes) is 60. The van der Waals surface area contributed by atoms with Gasteiger partial charge in [0, 0.05) is 29.8 Å². The van der Waals surface area contributed by atoms with E-state index >= 15 is 0 Å². The SMILES string of the molecule is CCCCCCCCCCCCCCCC(=O)[O-].CCCCCCCCCCCCCCCC(=O)[O-].CCCCCCCCCCCCCCCC(=O)[O-].CCCCCCCCCCCCCCCC(=O)[O-].CCCCCCCCCCCCCCCC(=O)[O-].[Li+].[Ti+4]. The van der Waals surface area contributed by atoms with E-state index in [-0.39, 0.29) is 72.7 Å². The van der Waals surface area contributed by atoms with E-state index in [0.29, 0.717) is 0 Å². The van der Waals surface area contributed by atoms with Crippen LogP contribution < -0.4 is 44.4 Å². The van der Waals surface area contributed by atoms with Gasteiger partial charge in [-0.05, 0) is 64.2 Å². The quantitative estimate of drug-likeness (QED) is 0.0417. The summed E-state index contributed by atoms with van der Waals surface area (Å²) in [4.78, 5) is 50.9. The summed E-state index contributed by atoms with van der Waals surface area (Å²) in [6.45, 7) is 11.3. The average Bonchev–Trinajstić information content (AvgIpc) is 3.51. The van der Waals surface area contributed by atoms with Gasteiger partial charge in [-0.15, -0.1) is 0 Å². The Morgan fingerprint density at radius 2 is 0.217 bits per heavy atom. The normalized spacial score (nSPS) is 10.5. The summed E-state index contributed by atoms with van der Waals surface area (Å²) in [5.41, 5.74) is 0. The molecule has 12 heteroatoms. The fourth-order valence-electron chi connectivity index (χ4n) is 11.4. The Kier molecular flexibility index (Phi) is 114. The first-order chi connectivity index (χ1) is 43.9.